The second-order valence-corrected chi connectivity index (χ2v) is 5.36. The zero-order chi connectivity index (χ0) is 16.9. The molecule has 0 saturated heterocycles. The fourth-order valence-electron chi connectivity index (χ4n) is 2.31. The Morgan fingerprint density at radius 2 is 1.75 bits per heavy atom. The molecule has 0 aliphatic rings. The van der Waals surface area contributed by atoms with Crippen LogP contribution in [-0.2, 0) is 6.54 Å². The Labute approximate surface area is 140 Å². The molecular weight excluding hydrogens is 304 g/mol. The standard InChI is InChI=1S/C19H18N2O3/c1-14-11-12-16(23-14)13-21(20)19(22)17-9-5-6-10-18(17)24-15-7-3-2-4-8-15/h2-12H,13,20H2,1H3. The molecule has 5 heteroatoms. The molecule has 1 aromatic heterocycles. The highest BCUT2D eigenvalue weighted by atomic mass is 16.5. The number of carbonyl (C=O) groups is 1. The first kappa shape index (κ1) is 15.8. The van der Waals surface area contributed by atoms with E-state index in [0.29, 0.717) is 22.8 Å². The molecule has 0 saturated carbocycles. The van der Waals surface area contributed by atoms with Crippen LogP contribution in [-0.4, -0.2) is 10.9 Å². The van der Waals surface area contributed by atoms with E-state index in [4.69, 9.17) is 15.0 Å². The Kier molecular flexibility index (Phi) is 4.63. The molecule has 0 spiro atoms. The summed E-state index contributed by atoms with van der Waals surface area (Å²) in [5.41, 5.74) is 0.395. The molecule has 24 heavy (non-hydrogen) atoms. The first-order chi connectivity index (χ1) is 11.6. The van der Waals surface area contributed by atoms with E-state index >= 15 is 0 Å². The minimum absolute atomic E-state index is 0.187. The SMILES string of the molecule is Cc1ccc(CN(N)C(=O)c2ccccc2Oc2ccccc2)o1. The van der Waals surface area contributed by atoms with Crippen molar-refractivity contribution in [3.05, 3.63) is 83.8 Å². The molecule has 1 heterocycles. The number of nitrogens with two attached hydrogens (primary N) is 1. The van der Waals surface area contributed by atoms with Gasteiger partial charge in [0, 0.05) is 0 Å². The molecule has 122 valence electrons. The number of nitrogens with zero attached hydrogens (tertiary/aromatic N) is 1. The van der Waals surface area contributed by atoms with Crippen molar-refractivity contribution in [1.82, 2.24) is 5.01 Å². The Balaban J connectivity index is 1.79. The number of benzene rings is 2. The molecule has 2 aromatic carbocycles. The van der Waals surface area contributed by atoms with Gasteiger partial charge in [-0.1, -0.05) is 30.3 Å². The summed E-state index contributed by atoms with van der Waals surface area (Å²) in [4.78, 5) is 12.6. The highest BCUT2D eigenvalue weighted by molar-refractivity contribution is 5.96. The molecule has 0 fully saturated rings. The zero-order valence-electron chi connectivity index (χ0n) is 13.3. The lowest BCUT2D eigenvalue weighted by atomic mass is 10.2. The van der Waals surface area contributed by atoms with E-state index in [1.165, 1.54) is 0 Å². The molecule has 2 N–H and O–H groups in total. The number of furan rings is 1. The molecule has 3 rings (SSSR count). The number of hydrogen-bond donors (Lipinski definition) is 1. The topological polar surface area (TPSA) is 68.7 Å². The molecule has 0 radical (unpaired) electrons. The summed E-state index contributed by atoms with van der Waals surface area (Å²) in [6.45, 7) is 2.03. The predicted octanol–water partition coefficient (Wildman–Crippen LogP) is 3.90. The summed E-state index contributed by atoms with van der Waals surface area (Å²) in [5.74, 6) is 8.10. The monoisotopic (exact) mass is 322 g/mol. The van der Waals surface area contributed by atoms with Gasteiger partial charge in [0.1, 0.15) is 23.0 Å². The fraction of sp³-hybridized carbons (Fsp3) is 0.105. The Hall–Kier alpha value is -3.05. The molecular formula is C19H18N2O3. The minimum Gasteiger partial charge on any atom is -0.464 e. The van der Waals surface area contributed by atoms with E-state index < -0.39 is 0 Å². The van der Waals surface area contributed by atoms with Crippen LogP contribution in [0.5, 0.6) is 11.5 Å². The highest BCUT2D eigenvalue weighted by Gasteiger charge is 2.18. The van der Waals surface area contributed by atoms with Crippen LogP contribution in [0.25, 0.3) is 0 Å². The van der Waals surface area contributed by atoms with Gasteiger partial charge in [-0.15, -0.1) is 0 Å². The van der Waals surface area contributed by atoms with Crippen LogP contribution < -0.4 is 10.6 Å². The van der Waals surface area contributed by atoms with Gasteiger partial charge < -0.3 is 9.15 Å². The number of amides is 1. The maximum Gasteiger partial charge on any atom is 0.271 e. The Morgan fingerprint density at radius 3 is 2.46 bits per heavy atom. The molecule has 0 bridgehead atoms. The van der Waals surface area contributed by atoms with Crippen LogP contribution in [0.2, 0.25) is 0 Å². The number of ether oxygens (including phenoxy) is 1. The Bertz CT molecular complexity index is 827. The van der Waals surface area contributed by atoms with Crippen molar-refractivity contribution in [3.8, 4) is 11.5 Å². The fourth-order valence-corrected chi connectivity index (χ4v) is 2.31. The molecule has 5 nitrogen and oxygen atoms in total. The van der Waals surface area contributed by atoms with Gasteiger partial charge in [-0.25, -0.2) is 5.84 Å². The summed E-state index contributed by atoms with van der Waals surface area (Å²) in [6, 6.07) is 19.9. The summed E-state index contributed by atoms with van der Waals surface area (Å²) in [6.07, 6.45) is 0. The van der Waals surface area contributed by atoms with Gasteiger partial charge >= 0.3 is 0 Å². The van der Waals surface area contributed by atoms with Crippen molar-refractivity contribution in [3.63, 3.8) is 0 Å². The first-order valence-corrected chi connectivity index (χ1v) is 7.57. The van der Waals surface area contributed by atoms with Crippen molar-refractivity contribution in [2.24, 2.45) is 5.84 Å². The molecule has 3 aromatic rings. The summed E-state index contributed by atoms with van der Waals surface area (Å²) in [5, 5.41) is 1.12. The van der Waals surface area contributed by atoms with Gasteiger partial charge in [-0.3, -0.25) is 9.80 Å². The molecule has 0 unspecified atom stereocenters. The van der Waals surface area contributed by atoms with Crippen LogP contribution in [0.15, 0.2) is 71.1 Å². The lowest BCUT2D eigenvalue weighted by Gasteiger charge is -2.17. The average molecular weight is 322 g/mol. The first-order valence-electron chi connectivity index (χ1n) is 7.57. The van der Waals surface area contributed by atoms with Gasteiger partial charge in [-0.05, 0) is 43.3 Å². The van der Waals surface area contributed by atoms with Crippen molar-refractivity contribution < 1.29 is 13.9 Å². The third kappa shape index (κ3) is 3.64. The third-order valence-electron chi connectivity index (χ3n) is 3.47. The molecule has 1 amide bonds. The number of carbonyl (C=O) groups excluding carboxylic acids is 1. The van der Waals surface area contributed by atoms with Crippen molar-refractivity contribution in [2.75, 3.05) is 0 Å². The number of rotatable bonds is 5. The molecule has 0 atom stereocenters. The second kappa shape index (κ2) is 7.02. The lowest BCUT2D eigenvalue weighted by Crippen LogP contribution is -2.36. The van der Waals surface area contributed by atoms with Crippen LogP contribution >= 0.6 is 0 Å². The van der Waals surface area contributed by atoms with Gasteiger partial charge in [0.25, 0.3) is 5.91 Å². The predicted molar refractivity (Wildman–Crippen MR) is 90.5 cm³/mol. The summed E-state index contributed by atoms with van der Waals surface area (Å²) in [7, 11) is 0. The normalized spacial score (nSPS) is 10.4. The molecule has 0 aliphatic heterocycles. The lowest BCUT2D eigenvalue weighted by molar-refractivity contribution is 0.0728. The largest absolute Gasteiger partial charge is 0.464 e. The van der Waals surface area contributed by atoms with Gasteiger partial charge in [0.05, 0.1) is 12.1 Å². The van der Waals surface area contributed by atoms with E-state index in [1.54, 1.807) is 24.3 Å². The zero-order valence-corrected chi connectivity index (χ0v) is 13.3. The minimum atomic E-state index is -0.337. The van der Waals surface area contributed by atoms with E-state index in [1.807, 2.05) is 49.4 Å². The number of hydrogen-bond acceptors (Lipinski definition) is 4. The Morgan fingerprint density at radius 1 is 1.04 bits per heavy atom. The quantitative estimate of drug-likeness (QED) is 0.439. The van der Waals surface area contributed by atoms with Crippen molar-refractivity contribution >= 4 is 5.91 Å². The van der Waals surface area contributed by atoms with Gasteiger partial charge in [0.2, 0.25) is 0 Å². The van der Waals surface area contributed by atoms with Crippen molar-refractivity contribution in [2.45, 2.75) is 13.5 Å². The number of aryl methyl sites for hydroxylation is 1. The number of para-hydroxylation sites is 2. The van der Waals surface area contributed by atoms with Gasteiger partial charge in [0.15, 0.2) is 0 Å². The summed E-state index contributed by atoms with van der Waals surface area (Å²) >= 11 is 0. The third-order valence-corrected chi connectivity index (χ3v) is 3.47. The summed E-state index contributed by atoms with van der Waals surface area (Å²) < 4.78 is 11.3. The maximum atomic E-state index is 12.6. The molecule has 0 aliphatic carbocycles. The van der Waals surface area contributed by atoms with Crippen LogP contribution in [0.1, 0.15) is 21.9 Å². The van der Waals surface area contributed by atoms with Gasteiger partial charge in [-0.2, -0.15) is 0 Å². The van der Waals surface area contributed by atoms with Crippen LogP contribution in [0, 0.1) is 6.92 Å². The van der Waals surface area contributed by atoms with Crippen LogP contribution in [0.4, 0.5) is 0 Å². The number of hydrazine groups is 1. The second-order valence-electron chi connectivity index (χ2n) is 5.36. The maximum absolute atomic E-state index is 12.6. The van der Waals surface area contributed by atoms with E-state index in [2.05, 4.69) is 0 Å². The van der Waals surface area contributed by atoms with Crippen LogP contribution in [0.3, 0.4) is 0 Å². The average Bonchev–Trinajstić information content (AvgIpc) is 3.00. The smallest absolute Gasteiger partial charge is 0.271 e. The van der Waals surface area contributed by atoms with Crippen molar-refractivity contribution in [1.29, 1.82) is 0 Å². The highest BCUT2D eigenvalue weighted by Crippen LogP contribution is 2.26. The van der Waals surface area contributed by atoms with E-state index in [0.717, 1.165) is 10.8 Å². The van der Waals surface area contributed by atoms with E-state index in [9.17, 15) is 4.79 Å². The van der Waals surface area contributed by atoms with E-state index in [-0.39, 0.29) is 12.5 Å².